The standard InChI is InChI=1S/C27H30ClN9OS/c1-38-21-7-6-18(16-20(21)28)17-29-26-25-19-4-2-3-5-22(19)39-27(25)31-23(30-26)8-10-36-12-14-37(15-13-36)11-9-24-32-34-35-33-24/h2-7,16H,8-15,17H2,1H3,(H,29,30,31)(H,32,33,34,35). The topological polar surface area (TPSA) is 108 Å². The van der Waals surface area contributed by atoms with Gasteiger partial charge in [-0.1, -0.05) is 41.1 Å². The average Bonchev–Trinajstić information content (AvgIpc) is 3.62. The van der Waals surface area contributed by atoms with Crippen molar-refractivity contribution in [2.45, 2.75) is 19.4 Å². The van der Waals surface area contributed by atoms with Crippen LogP contribution in [0.2, 0.25) is 5.02 Å². The Morgan fingerprint density at radius 1 is 1.00 bits per heavy atom. The highest BCUT2D eigenvalue weighted by molar-refractivity contribution is 7.25. The summed E-state index contributed by atoms with van der Waals surface area (Å²) in [6.45, 7) is 6.61. The third kappa shape index (κ3) is 5.96. The molecule has 4 heterocycles. The van der Waals surface area contributed by atoms with Crippen molar-refractivity contribution < 1.29 is 4.74 Å². The lowest BCUT2D eigenvalue weighted by Crippen LogP contribution is -2.47. The number of ether oxygens (including phenoxy) is 1. The van der Waals surface area contributed by atoms with Crippen LogP contribution in [0.5, 0.6) is 5.75 Å². The predicted molar refractivity (Wildman–Crippen MR) is 155 cm³/mol. The van der Waals surface area contributed by atoms with E-state index in [1.54, 1.807) is 18.4 Å². The van der Waals surface area contributed by atoms with Gasteiger partial charge in [0.05, 0.1) is 17.5 Å². The zero-order valence-electron chi connectivity index (χ0n) is 21.7. The van der Waals surface area contributed by atoms with Crippen LogP contribution < -0.4 is 10.1 Å². The van der Waals surface area contributed by atoms with Crippen molar-refractivity contribution >= 4 is 49.1 Å². The Hall–Kier alpha value is -3.38. The number of nitrogens with one attached hydrogen (secondary N) is 2. The zero-order chi connectivity index (χ0) is 26.6. The number of aromatic amines is 1. The van der Waals surface area contributed by atoms with Gasteiger partial charge in [-0.25, -0.2) is 9.97 Å². The van der Waals surface area contributed by atoms with Crippen LogP contribution in [-0.4, -0.2) is 86.8 Å². The molecule has 39 heavy (non-hydrogen) atoms. The Balaban J connectivity index is 1.14. The number of fused-ring (bicyclic) bond motifs is 3. The number of aromatic nitrogens is 6. The molecule has 3 aromatic heterocycles. The monoisotopic (exact) mass is 563 g/mol. The summed E-state index contributed by atoms with van der Waals surface area (Å²) in [7, 11) is 1.62. The number of nitrogens with zero attached hydrogens (tertiary/aromatic N) is 7. The largest absolute Gasteiger partial charge is 0.495 e. The molecule has 2 N–H and O–H groups in total. The molecule has 5 aromatic rings. The summed E-state index contributed by atoms with van der Waals surface area (Å²) in [4.78, 5) is 16.0. The minimum atomic E-state index is 0.598. The quantitative estimate of drug-likeness (QED) is 0.260. The highest BCUT2D eigenvalue weighted by Gasteiger charge is 2.19. The third-order valence-corrected chi connectivity index (χ3v) is 8.48. The van der Waals surface area contributed by atoms with E-state index in [0.29, 0.717) is 17.3 Å². The van der Waals surface area contributed by atoms with Crippen molar-refractivity contribution in [1.82, 2.24) is 40.4 Å². The second kappa shape index (κ2) is 11.8. The lowest BCUT2D eigenvalue weighted by Gasteiger charge is -2.34. The highest BCUT2D eigenvalue weighted by Crippen LogP contribution is 2.36. The van der Waals surface area contributed by atoms with Gasteiger partial charge in [0.1, 0.15) is 22.2 Å². The number of hydrogen-bond donors (Lipinski definition) is 2. The Kier molecular flexibility index (Phi) is 7.82. The predicted octanol–water partition coefficient (Wildman–Crippen LogP) is 4.03. The fourth-order valence-corrected chi connectivity index (χ4v) is 6.33. The molecule has 0 spiro atoms. The number of hydrogen-bond acceptors (Lipinski definition) is 10. The van der Waals surface area contributed by atoms with E-state index in [1.807, 2.05) is 18.2 Å². The molecule has 2 aromatic carbocycles. The van der Waals surface area contributed by atoms with Gasteiger partial charge < -0.3 is 19.9 Å². The van der Waals surface area contributed by atoms with Crippen molar-refractivity contribution in [3.05, 3.63) is 64.7 Å². The van der Waals surface area contributed by atoms with Crippen molar-refractivity contribution in [2.24, 2.45) is 0 Å². The summed E-state index contributed by atoms with van der Waals surface area (Å²) in [5, 5.41) is 20.7. The number of tetrazole rings is 1. The Bertz CT molecular complexity index is 1550. The molecule has 0 atom stereocenters. The molecule has 0 aliphatic carbocycles. The lowest BCUT2D eigenvalue weighted by atomic mass is 10.2. The molecule has 1 fully saturated rings. The Morgan fingerprint density at radius 2 is 1.77 bits per heavy atom. The van der Waals surface area contributed by atoms with E-state index in [4.69, 9.17) is 26.3 Å². The van der Waals surface area contributed by atoms with Crippen LogP contribution in [0.4, 0.5) is 5.82 Å². The highest BCUT2D eigenvalue weighted by atomic mass is 35.5. The van der Waals surface area contributed by atoms with Gasteiger partial charge in [-0.2, -0.15) is 5.21 Å². The first-order valence-corrected chi connectivity index (χ1v) is 14.3. The maximum Gasteiger partial charge on any atom is 0.175 e. The number of thiophene rings is 1. The summed E-state index contributed by atoms with van der Waals surface area (Å²) in [6, 6.07) is 14.3. The molecule has 1 aliphatic heterocycles. The third-order valence-electron chi connectivity index (χ3n) is 7.12. The lowest BCUT2D eigenvalue weighted by molar-refractivity contribution is 0.133. The molecule has 0 bridgehead atoms. The molecule has 6 rings (SSSR count). The van der Waals surface area contributed by atoms with E-state index >= 15 is 0 Å². The van der Waals surface area contributed by atoms with Crippen LogP contribution >= 0.6 is 22.9 Å². The summed E-state index contributed by atoms with van der Waals surface area (Å²) < 4.78 is 6.51. The van der Waals surface area contributed by atoms with Gasteiger partial charge in [-0.3, -0.25) is 0 Å². The molecule has 10 nitrogen and oxygen atoms in total. The molecule has 12 heteroatoms. The van der Waals surface area contributed by atoms with Crippen molar-refractivity contribution in [1.29, 1.82) is 0 Å². The number of piperazine rings is 1. The second-order valence-electron chi connectivity index (χ2n) is 9.60. The number of halogens is 1. The van der Waals surface area contributed by atoms with Gasteiger partial charge in [0.15, 0.2) is 5.82 Å². The number of H-pyrrole nitrogens is 1. The molecule has 1 saturated heterocycles. The first-order chi connectivity index (χ1) is 19.2. The van der Waals surface area contributed by atoms with Crippen LogP contribution in [-0.2, 0) is 19.4 Å². The maximum atomic E-state index is 6.36. The fraction of sp³-hybridized carbons (Fsp3) is 0.370. The van der Waals surface area contributed by atoms with Crippen LogP contribution in [0.15, 0.2) is 42.5 Å². The molecule has 1 aliphatic rings. The average molecular weight is 564 g/mol. The van der Waals surface area contributed by atoms with E-state index in [2.05, 4.69) is 60.0 Å². The summed E-state index contributed by atoms with van der Waals surface area (Å²) >= 11 is 8.08. The van der Waals surface area contributed by atoms with Gasteiger partial charge in [0.2, 0.25) is 0 Å². The molecular weight excluding hydrogens is 534 g/mol. The molecule has 202 valence electrons. The second-order valence-corrected chi connectivity index (χ2v) is 11.0. The number of methoxy groups -OCH3 is 1. The Morgan fingerprint density at radius 3 is 2.49 bits per heavy atom. The summed E-state index contributed by atoms with van der Waals surface area (Å²) in [6.07, 6.45) is 1.62. The molecular formula is C27H30ClN9OS. The van der Waals surface area contributed by atoms with E-state index in [-0.39, 0.29) is 0 Å². The van der Waals surface area contributed by atoms with E-state index < -0.39 is 0 Å². The fourth-order valence-electron chi connectivity index (χ4n) is 4.95. The van der Waals surface area contributed by atoms with Crippen LogP contribution in [0.1, 0.15) is 17.2 Å². The van der Waals surface area contributed by atoms with Gasteiger partial charge in [0, 0.05) is 68.7 Å². The number of benzene rings is 2. The summed E-state index contributed by atoms with van der Waals surface area (Å²) in [5.74, 6) is 3.17. The van der Waals surface area contributed by atoms with Crippen molar-refractivity contribution in [2.75, 3.05) is 51.7 Å². The number of rotatable bonds is 10. The molecule has 0 radical (unpaired) electrons. The minimum absolute atomic E-state index is 0.598. The zero-order valence-corrected chi connectivity index (χ0v) is 23.3. The first-order valence-electron chi connectivity index (χ1n) is 13.1. The normalized spacial score (nSPS) is 14.8. The van der Waals surface area contributed by atoms with Gasteiger partial charge in [0.25, 0.3) is 0 Å². The molecule has 0 saturated carbocycles. The Labute approximate surface area is 235 Å². The smallest absolute Gasteiger partial charge is 0.175 e. The van der Waals surface area contributed by atoms with Crippen molar-refractivity contribution in [3.8, 4) is 5.75 Å². The van der Waals surface area contributed by atoms with Gasteiger partial charge >= 0.3 is 0 Å². The van der Waals surface area contributed by atoms with Crippen LogP contribution in [0, 0.1) is 0 Å². The van der Waals surface area contributed by atoms with Crippen LogP contribution in [0.3, 0.4) is 0 Å². The van der Waals surface area contributed by atoms with E-state index in [0.717, 1.165) is 85.4 Å². The van der Waals surface area contributed by atoms with Crippen molar-refractivity contribution in [3.63, 3.8) is 0 Å². The SMILES string of the molecule is COc1ccc(CNc2nc(CCN3CCN(CCc4nn[nH]n4)CC3)nc3sc4ccccc4c23)cc1Cl. The van der Waals surface area contributed by atoms with Gasteiger partial charge in [-0.05, 0) is 23.8 Å². The molecule has 0 amide bonds. The summed E-state index contributed by atoms with van der Waals surface area (Å²) in [5.41, 5.74) is 1.06. The van der Waals surface area contributed by atoms with E-state index in [1.165, 1.54) is 10.1 Å². The van der Waals surface area contributed by atoms with Gasteiger partial charge in [-0.15, -0.1) is 21.5 Å². The van der Waals surface area contributed by atoms with E-state index in [9.17, 15) is 0 Å². The maximum absolute atomic E-state index is 6.36. The van der Waals surface area contributed by atoms with Crippen LogP contribution in [0.25, 0.3) is 20.3 Å². The number of anilines is 1. The minimum Gasteiger partial charge on any atom is -0.495 e. The first kappa shape index (κ1) is 25.9. The molecule has 0 unspecified atom stereocenters.